The van der Waals surface area contributed by atoms with E-state index in [2.05, 4.69) is 4.90 Å². The second-order valence-corrected chi connectivity index (χ2v) is 6.93. The molecule has 0 amide bonds. The number of benzene rings is 2. The highest BCUT2D eigenvalue weighted by Gasteiger charge is 2.21. The average molecular weight is 412 g/mol. The molecule has 3 rings (SSSR count). The summed E-state index contributed by atoms with van der Waals surface area (Å²) in [5.41, 5.74) is 1.54. The van der Waals surface area contributed by atoms with E-state index < -0.39 is 0 Å². The number of rotatable bonds is 5. The third-order valence-corrected chi connectivity index (χ3v) is 5.34. The fourth-order valence-electron chi connectivity index (χ4n) is 2.75. The summed E-state index contributed by atoms with van der Waals surface area (Å²) in [6, 6.07) is 11.0. The van der Waals surface area contributed by atoms with Crippen molar-refractivity contribution in [1.82, 2.24) is 4.90 Å². The summed E-state index contributed by atoms with van der Waals surface area (Å²) < 4.78 is 17.0. The van der Waals surface area contributed by atoms with Crippen molar-refractivity contribution in [2.75, 3.05) is 33.4 Å². The molecule has 1 fully saturated rings. The molecule has 1 aliphatic rings. The van der Waals surface area contributed by atoms with Crippen LogP contribution < -0.4 is 9.47 Å². The summed E-state index contributed by atoms with van der Waals surface area (Å²) in [5, 5.41) is 1.12. The van der Waals surface area contributed by atoms with E-state index in [1.165, 1.54) is 0 Å². The summed E-state index contributed by atoms with van der Waals surface area (Å²) in [6.07, 6.45) is 0. The van der Waals surface area contributed by atoms with Crippen molar-refractivity contribution in [1.29, 1.82) is 0 Å². The minimum Gasteiger partial charge on any atom is -0.493 e. The van der Waals surface area contributed by atoms with Gasteiger partial charge < -0.3 is 19.1 Å². The zero-order valence-corrected chi connectivity index (χ0v) is 16.7. The maximum Gasteiger partial charge on any atom is 0.171 e. The Morgan fingerprint density at radius 2 is 1.77 bits per heavy atom. The largest absolute Gasteiger partial charge is 0.493 e. The number of hydrogen-bond acceptors (Lipinski definition) is 4. The molecule has 2 aromatic carbocycles. The van der Waals surface area contributed by atoms with E-state index in [1.54, 1.807) is 25.3 Å². The number of morpholine rings is 1. The molecule has 7 heteroatoms. The highest BCUT2D eigenvalue weighted by molar-refractivity contribution is 7.80. The van der Waals surface area contributed by atoms with Crippen molar-refractivity contribution in [3.05, 3.63) is 57.6 Å². The van der Waals surface area contributed by atoms with Gasteiger partial charge in [0, 0.05) is 28.7 Å². The van der Waals surface area contributed by atoms with Crippen LogP contribution in [0.4, 0.5) is 0 Å². The van der Waals surface area contributed by atoms with Gasteiger partial charge in [0.05, 0.1) is 25.9 Å². The molecule has 138 valence electrons. The summed E-state index contributed by atoms with van der Waals surface area (Å²) in [4.78, 5) is 2.83. The molecule has 1 aliphatic heterocycles. The summed E-state index contributed by atoms with van der Waals surface area (Å²) in [5.74, 6) is 1.20. The molecule has 0 atom stereocenters. The molecule has 26 heavy (non-hydrogen) atoms. The Balaban J connectivity index is 1.88. The van der Waals surface area contributed by atoms with E-state index >= 15 is 0 Å². The Morgan fingerprint density at radius 1 is 1.12 bits per heavy atom. The Morgan fingerprint density at radius 3 is 2.42 bits per heavy atom. The molecule has 0 bridgehead atoms. The first kappa shape index (κ1) is 19.2. The van der Waals surface area contributed by atoms with E-state index in [0.29, 0.717) is 39.7 Å². The topological polar surface area (TPSA) is 30.9 Å². The number of nitrogens with zero attached hydrogens (tertiary/aromatic N) is 1. The predicted molar refractivity (Wildman–Crippen MR) is 108 cm³/mol. The summed E-state index contributed by atoms with van der Waals surface area (Å²) in [6.45, 7) is 3.06. The molecule has 0 N–H and O–H groups in total. The molecule has 0 spiro atoms. The van der Waals surface area contributed by atoms with E-state index in [1.807, 2.05) is 18.2 Å². The van der Waals surface area contributed by atoms with E-state index in [4.69, 9.17) is 49.6 Å². The third kappa shape index (κ3) is 4.23. The van der Waals surface area contributed by atoms with Crippen molar-refractivity contribution in [3.8, 4) is 11.5 Å². The van der Waals surface area contributed by atoms with E-state index in [0.717, 1.165) is 24.2 Å². The van der Waals surface area contributed by atoms with Gasteiger partial charge in [0.25, 0.3) is 0 Å². The molecular formula is C19H19Cl2NO3S. The van der Waals surface area contributed by atoms with Crippen LogP contribution in [0.15, 0.2) is 36.4 Å². The minimum absolute atomic E-state index is 0.220. The van der Waals surface area contributed by atoms with Crippen LogP contribution in [0.25, 0.3) is 0 Å². The van der Waals surface area contributed by atoms with Gasteiger partial charge in [0.1, 0.15) is 11.6 Å². The maximum atomic E-state index is 6.25. The Labute approximate surface area is 168 Å². The number of halogens is 2. The Kier molecular flexibility index (Phi) is 6.59. The summed E-state index contributed by atoms with van der Waals surface area (Å²) in [7, 11) is 1.60. The van der Waals surface area contributed by atoms with Crippen LogP contribution in [0.2, 0.25) is 10.0 Å². The highest BCUT2D eigenvalue weighted by Crippen LogP contribution is 2.34. The molecule has 0 saturated carbocycles. The zero-order valence-electron chi connectivity index (χ0n) is 14.3. The lowest BCUT2D eigenvalue weighted by molar-refractivity contribution is 0.0692. The first-order chi connectivity index (χ1) is 12.6. The first-order valence-corrected chi connectivity index (χ1v) is 9.38. The Hall–Kier alpha value is -1.53. The number of para-hydroxylation sites is 1. The lowest BCUT2D eigenvalue weighted by Gasteiger charge is -2.30. The highest BCUT2D eigenvalue weighted by atomic mass is 35.5. The Bertz CT molecular complexity index is 774. The molecular weight excluding hydrogens is 393 g/mol. The van der Waals surface area contributed by atoms with Gasteiger partial charge in [-0.3, -0.25) is 0 Å². The molecule has 0 aliphatic carbocycles. The molecule has 0 radical (unpaired) electrons. The molecule has 0 unspecified atom stereocenters. The second-order valence-electron chi connectivity index (χ2n) is 5.73. The third-order valence-electron chi connectivity index (χ3n) is 4.15. The molecule has 0 aromatic heterocycles. The van der Waals surface area contributed by atoms with Crippen LogP contribution in [0.3, 0.4) is 0 Å². The van der Waals surface area contributed by atoms with Crippen LogP contribution in [-0.2, 0) is 11.3 Å². The quantitative estimate of drug-likeness (QED) is 0.671. The van der Waals surface area contributed by atoms with E-state index in [9.17, 15) is 0 Å². The van der Waals surface area contributed by atoms with Gasteiger partial charge in [-0.2, -0.15) is 0 Å². The smallest absolute Gasteiger partial charge is 0.171 e. The van der Waals surface area contributed by atoms with Crippen molar-refractivity contribution in [3.63, 3.8) is 0 Å². The summed E-state index contributed by atoms with van der Waals surface area (Å²) >= 11 is 18.2. The molecule has 2 aromatic rings. The van der Waals surface area contributed by atoms with Gasteiger partial charge in [0.2, 0.25) is 0 Å². The van der Waals surface area contributed by atoms with Crippen molar-refractivity contribution >= 4 is 40.4 Å². The minimum atomic E-state index is 0.220. The monoisotopic (exact) mass is 411 g/mol. The van der Waals surface area contributed by atoms with Crippen molar-refractivity contribution < 1.29 is 14.2 Å². The fourth-order valence-corrected chi connectivity index (χ4v) is 3.60. The zero-order chi connectivity index (χ0) is 18.5. The lowest BCUT2D eigenvalue weighted by Crippen LogP contribution is -2.40. The number of hydrogen-bond donors (Lipinski definition) is 0. The molecule has 4 nitrogen and oxygen atoms in total. The van der Waals surface area contributed by atoms with Crippen LogP contribution >= 0.6 is 35.4 Å². The maximum absolute atomic E-state index is 6.25. The van der Waals surface area contributed by atoms with Crippen LogP contribution in [0.5, 0.6) is 11.5 Å². The second kappa shape index (κ2) is 8.91. The van der Waals surface area contributed by atoms with Crippen LogP contribution in [-0.4, -0.2) is 43.3 Å². The van der Waals surface area contributed by atoms with Gasteiger partial charge in [-0.05, 0) is 24.3 Å². The van der Waals surface area contributed by atoms with Crippen molar-refractivity contribution in [2.24, 2.45) is 0 Å². The van der Waals surface area contributed by atoms with Gasteiger partial charge >= 0.3 is 0 Å². The standard InChI is InChI=1S/C19H19Cl2NO3S/c1-23-17-7-2-4-13(19(26)22-8-10-24-11-9-22)18(17)25-12-14-15(20)5-3-6-16(14)21/h2-7H,8-12H2,1H3. The number of thiocarbonyl (C=S) groups is 1. The average Bonchev–Trinajstić information content (AvgIpc) is 2.67. The van der Waals surface area contributed by atoms with Gasteiger partial charge in [-0.15, -0.1) is 0 Å². The number of ether oxygens (including phenoxy) is 3. The van der Waals surface area contributed by atoms with Crippen LogP contribution in [0, 0.1) is 0 Å². The van der Waals surface area contributed by atoms with Gasteiger partial charge in [-0.25, -0.2) is 0 Å². The lowest BCUT2D eigenvalue weighted by atomic mass is 10.1. The van der Waals surface area contributed by atoms with Crippen LogP contribution in [0.1, 0.15) is 11.1 Å². The fraction of sp³-hybridized carbons (Fsp3) is 0.316. The molecule has 1 saturated heterocycles. The van der Waals surface area contributed by atoms with E-state index in [-0.39, 0.29) is 6.61 Å². The number of methoxy groups -OCH3 is 1. The van der Waals surface area contributed by atoms with Gasteiger partial charge in [-0.1, -0.05) is 47.6 Å². The predicted octanol–water partition coefficient (Wildman–Crippen LogP) is 4.59. The SMILES string of the molecule is COc1cccc(C(=S)N2CCOCC2)c1OCc1c(Cl)cccc1Cl. The molecule has 1 heterocycles. The first-order valence-electron chi connectivity index (χ1n) is 8.21. The van der Waals surface area contributed by atoms with Gasteiger partial charge in [0.15, 0.2) is 11.5 Å². The van der Waals surface area contributed by atoms with Crippen molar-refractivity contribution in [2.45, 2.75) is 6.61 Å². The normalized spacial score (nSPS) is 14.2.